The smallest absolute Gasteiger partial charge is 0.244 e. The van der Waals surface area contributed by atoms with Crippen molar-refractivity contribution in [3.8, 4) is 28.0 Å². The van der Waals surface area contributed by atoms with Gasteiger partial charge < -0.3 is 19.2 Å². The first-order chi connectivity index (χ1) is 16.1. The number of furan rings is 1. The molecule has 0 bridgehead atoms. The Labute approximate surface area is 193 Å². The van der Waals surface area contributed by atoms with E-state index in [9.17, 15) is 4.79 Å². The molecule has 33 heavy (non-hydrogen) atoms. The summed E-state index contributed by atoms with van der Waals surface area (Å²) >= 11 is 0. The van der Waals surface area contributed by atoms with Gasteiger partial charge in [-0.15, -0.1) is 0 Å². The summed E-state index contributed by atoms with van der Waals surface area (Å²) in [5, 5.41) is 3.77. The lowest BCUT2D eigenvalue weighted by Crippen LogP contribution is -2.25. The normalized spacial score (nSPS) is 11.5. The lowest BCUT2D eigenvalue weighted by atomic mass is 9.97. The number of carbonyl (C=O) groups is 1. The number of amides is 1. The third kappa shape index (κ3) is 4.99. The van der Waals surface area contributed by atoms with Gasteiger partial charge in [-0.3, -0.25) is 4.79 Å². The van der Waals surface area contributed by atoms with Crippen LogP contribution >= 0.6 is 0 Å². The summed E-state index contributed by atoms with van der Waals surface area (Å²) in [6.45, 7) is 2.82. The number of ether oxygens (including phenoxy) is 2. The van der Waals surface area contributed by atoms with Crippen molar-refractivity contribution in [1.29, 1.82) is 0 Å². The van der Waals surface area contributed by atoms with Crippen LogP contribution in [0.2, 0.25) is 0 Å². The van der Waals surface area contributed by atoms with Crippen molar-refractivity contribution in [2.24, 2.45) is 0 Å². The van der Waals surface area contributed by atoms with Crippen LogP contribution in [0.25, 0.3) is 38.8 Å². The summed E-state index contributed by atoms with van der Waals surface area (Å²) in [7, 11) is 3.22. The number of hydrogen-bond acceptors (Lipinski definition) is 4. The van der Waals surface area contributed by atoms with Crippen LogP contribution < -0.4 is 10.1 Å². The molecule has 0 aliphatic carbocycles. The molecule has 168 valence electrons. The molecule has 3 aromatic carbocycles. The van der Waals surface area contributed by atoms with E-state index in [4.69, 9.17) is 13.9 Å². The fourth-order valence-electron chi connectivity index (χ4n) is 3.83. The lowest BCUT2D eigenvalue weighted by molar-refractivity contribution is -0.116. The average Bonchev–Trinajstić information content (AvgIpc) is 3.27. The zero-order chi connectivity index (χ0) is 23.2. The molecule has 1 aromatic heterocycles. The predicted octanol–water partition coefficient (Wildman–Crippen LogP) is 5.94. The Balaban J connectivity index is 1.68. The van der Waals surface area contributed by atoms with Crippen LogP contribution in [-0.2, 0) is 9.53 Å². The highest BCUT2D eigenvalue weighted by atomic mass is 16.5. The lowest BCUT2D eigenvalue weighted by Gasteiger charge is -2.10. The van der Waals surface area contributed by atoms with Gasteiger partial charge in [0.15, 0.2) is 0 Å². The zero-order valence-corrected chi connectivity index (χ0v) is 19.1. The first-order valence-electron chi connectivity index (χ1n) is 10.8. The van der Waals surface area contributed by atoms with Gasteiger partial charge in [0.25, 0.3) is 0 Å². The Bertz CT molecular complexity index is 1270. The molecule has 0 fully saturated rings. The molecule has 0 spiro atoms. The van der Waals surface area contributed by atoms with Gasteiger partial charge in [-0.1, -0.05) is 54.6 Å². The van der Waals surface area contributed by atoms with Crippen molar-refractivity contribution >= 4 is 22.4 Å². The minimum atomic E-state index is -0.171. The highest BCUT2D eigenvalue weighted by molar-refractivity contribution is 6.00. The highest BCUT2D eigenvalue weighted by Crippen LogP contribution is 2.37. The number of allylic oxidation sites excluding steroid dienone is 1. The number of methoxy groups -OCH3 is 2. The zero-order valence-electron chi connectivity index (χ0n) is 19.1. The summed E-state index contributed by atoms with van der Waals surface area (Å²) in [6, 6.07) is 22.6. The molecule has 0 saturated carbocycles. The van der Waals surface area contributed by atoms with E-state index in [-0.39, 0.29) is 5.91 Å². The van der Waals surface area contributed by atoms with Gasteiger partial charge in [0.1, 0.15) is 11.3 Å². The molecule has 5 nitrogen and oxygen atoms in total. The van der Waals surface area contributed by atoms with Crippen LogP contribution in [0, 0.1) is 0 Å². The van der Waals surface area contributed by atoms with E-state index in [2.05, 4.69) is 41.7 Å². The van der Waals surface area contributed by atoms with Gasteiger partial charge in [0.2, 0.25) is 5.91 Å². The Morgan fingerprint density at radius 1 is 0.970 bits per heavy atom. The molecule has 4 aromatic rings. The predicted molar refractivity (Wildman–Crippen MR) is 132 cm³/mol. The summed E-state index contributed by atoms with van der Waals surface area (Å²) in [6.07, 6.45) is 3.34. The summed E-state index contributed by atoms with van der Waals surface area (Å²) in [5.74, 6) is 0.483. The minimum Gasteiger partial charge on any atom is -0.496 e. The van der Waals surface area contributed by atoms with Crippen molar-refractivity contribution in [3.05, 3.63) is 84.6 Å². The second-order valence-electron chi connectivity index (χ2n) is 7.75. The van der Waals surface area contributed by atoms with Gasteiger partial charge in [-0.2, -0.15) is 0 Å². The number of carbonyl (C=O) groups excluding carboxylic acids is 1. The van der Waals surface area contributed by atoms with Crippen molar-refractivity contribution in [2.75, 3.05) is 27.4 Å². The SMILES string of the molecule is COCCNC(=O)/C=C(\C)c1cc2c(-c3ccc(-c4ccccc4)cc3)coc2cc1OC. The number of fused-ring (bicyclic) bond motifs is 1. The molecule has 4 rings (SSSR count). The Hall–Kier alpha value is -3.83. The van der Waals surface area contributed by atoms with E-state index in [1.807, 2.05) is 37.3 Å². The molecule has 1 amide bonds. The summed E-state index contributed by atoms with van der Waals surface area (Å²) in [4.78, 5) is 12.2. The molecule has 0 aliphatic heterocycles. The number of nitrogens with one attached hydrogen (secondary N) is 1. The van der Waals surface area contributed by atoms with Gasteiger partial charge in [-0.05, 0) is 35.3 Å². The largest absolute Gasteiger partial charge is 0.496 e. The summed E-state index contributed by atoms with van der Waals surface area (Å²) < 4.78 is 16.4. The van der Waals surface area contributed by atoms with E-state index in [1.165, 1.54) is 5.56 Å². The highest BCUT2D eigenvalue weighted by Gasteiger charge is 2.15. The quantitative estimate of drug-likeness (QED) is 0.271. The average molecular weight is 442 g/mol. The van der Waals surface area contributed by atoms with Crippen molar-refractivity contribution in [3.63, 3.8) is 0 Å². The van der Waals surface area contributed by atoms with Crippen LogP contribution in [-0.4, -0.2) is 33.3 Å². The molecule has 0 atom stereocenters. The Morgan fingerprint density at radius 2 is 1.67 bits per heavy atom. The van der Waals surface area contributed by atoms with Crippen LogP contribution in [0.15, 0.2) is 83.5 Å². The fraction of sp³-hybridized carbons (Fsp3) is 0.179. The minimum absolute atomic E-state index is 0.171. The van der Waals surface area contributed by atoms with Crippen LogP contribution in [0.1, 0.15) is 12.5 Å². The second-order valence-corrected chi connectivity index (χ2v) is 7.75. The maximum Gasteiger partial charge on any atom is 0.244 e. The second kappa shape index (κ2) is 10.2. The summed E-state index contributed by atoms with van der Waals surface area (Å²) in [5.41, 5.74) is 6.76. The number of hydrogen-bond donors (Lipinski definition) is 1. The topological polar surface area (TPSA) is 60.7 Å². The van der Waals surface area contributed by atoms with Crippen molar-refractivity contribution in [2.45, 2.75) is 6.92 Å². The van der Waals surface area contributed by atoms with Gasteiger partial charge in [0, 0.05) is 42.3 Å². The van der Waals surface area contributed by atoms with Gasteiger partial charge in [0.05, 0.1) is 20.0 Å². The molecule has 1 heterocycles. The van der Waals surface area contributed by atoms with Crippen LogP contribution in [0.4, 0.5) is 0 Å². The monoisotopic (exact) mass is 441 g/mol. The van der Waals surface area contributed by atoms with Gasteiger partial charge >= 0.3 is 0 Å². The first kappa shape index (κ1) is 22.4. The maximum absolute atomic E-state index is 12.2. The third-order valence-corrected chi connectivity index (χ3v) is 5.58. The molecular formula is C28H27NO4. The number of benzene rings is 3. The number of rotatable bonds is 8. The fourth-order valence-corrected chi connectivity index (χ4v) is 3.83. The van der Waals surface area contributed by atoms with Crippen molar-refractivity contribution < 1.29 is 18.7 Å². The molecule has 5 heteroatoms. The molecule has 1 N–H and O–H groups in total. The van der Waals surface area contributed by atoms with Crippen molar-refractivity contribution in [1.82, 2.24) is 5.32 Å². The standard InChI is InChI=1S/C28H27NO4/c1-19(15-28(30)29-13-14-31-2)23-16-24-25(18-33-27(24)17-26(23)32-3)22-11-9-21(10-12-22)20-7-5-4-6-8-20/h4-12,15-18H,13-14H2,1-3H3,(H,29,30)/b19-15+. The molecular weight excluding hydrogens is 414 g/mol. The van der Waals surface area contributed by atoms with E-state index < -0.39 is 0 Å². The van der Waals surface area contributed by atoms with Gasteiger partial charge in [-0.25, -0.2) is 0 Å². The molecule has 0 unspecified atom stereocenters. The Morgan fingerprint density at radius 3 is 2.36 bits per heavy atom. The molecule has 0 radical (unpaired) electrons. The van der Waals surface area contributed by atoms with E-state index in [0.717, 1.165) is 38.8 Å². The molecule has 0 saturated heterocycles. The molecule has 0 aliphatic rings. The first-order valence-corrected chi connectivity index (χ1v) is 10.8. The Kier molecular flexibility index (Phi) is 6.91. The van der Waals surface area contributed by atoms with Crippen LogP contribution in [0.3, 0.4) is 0 Å². The van der Waals surface area contributed by atoms with E-state index >= 15 is 0 Å². The maximum atomic E-state index is 12.2. The third-order valence-electron chi connectivity index (χ3n) is 5.58. The van der Waals surface area contributed by atoms with Crippen LogP contribution in [0.5, 0.6) is 5.75 Å². The van der Waals surface area contributed by atoms with E-state index in [0.29, 0.717) is 18.9 Å². The van der Waals surface area contributed by atoms with E-state index in [1.54, 1.807) is 26.6 Å².